The van der Waals surface area contributed by atoms with Crippen molar-refractivity contribution in [3.8, 4) is 0 Å². The standard InChI is InChI=1S/C13H22N4O/c1-9(2)12-7-11(15-16(12)3)13(18)17-6-4-5-10(14)8-17/h7,9-10H,4-6,8,14H2,1-3H3/t10-/m1/s1. The van der Waals surface area contributed by atoms with Gasteiger partial charge in [0.15, 0.2) is 5.69 Å². The molecule has 0 radical (unpaired) electrons. The third-order valence-electron chi connectivity index (χ3n) is 3.47. The number of nitrogens with two attached hydrogens (primary N) is 1. The second-order valence-electron chi connectivity index (χ2n) is 5.39. The van der Waals surface area contributed by atoms with Gasteiger partial charge >= 0.3 is 0 Å². The van der Waals surface area contributed by atoms with E-state index in [2.05, 4.69) is 18.9 Å². The van der Waals surface area contributed by atoms with Crippen molar-refractivity contribution in [1.82, 2.24) is 14.7 Å². The summed E-state index contributed by atoms with van der Waals surface area (Å²) in [5.74, 6) is 0.375. The van der Waals surface area contributed by atoms with Gasteiger partial charge in [0.25, 0.3) is 5.91 Å². The van der Waals surface area contributed by atoms with E-state index in [9.17, 15) is 4.79 Å². The van der Waals surface area contributed by atoms with Gasteiger partial charge in [0, 0.05) is 31.9 Å². The van der Waals surface area contributed by atoms with Gasteiger partial charge in [-0.05, 0) is 24.8 Å². The molecule has 1 fully saturated rings. The van der Waals surface area contributed by atoms with Crippen molar-refractivity contribution >= 4 is 5.91 Å². The number of rotatable bonds is 2. The normalized spacial score (nSPS) is 20.5. The van der Waals surface area contributed by atoms with Crippen LogP contribution < -0.4 is 5.73 Å². The van der Waals surface area contributed by atoms with Crippen LogP contribution in [0.2, 0.25) is 0 Å². The Morgan fingerprint density at radius 2 is 2.28 bits per heavy atom. The molecule has 0 aromatic carbocycles. The van der Waals surface area contributed by atoms with Crippen LogP contribution in [0.1, 0.15) is 48.8 Å². The molecule has 2 rings (SSSR count). The maximum absolute atomic E-state index is 12.3. The summed E-state index contributed by atoms with van der Waals surface area (Å²) >= 11 is 0. The van der Waals surface area contributed by atoms with Gasteiger partial charge in [0.05, 0.1) is 0 Å². The maximum atomic E-state index is 12.3. The van der Waals surface area contributed by atoms with Crippen molar-refractivity contribution in [3.05, 3.63) is 17.5 Å². The van der Waals surface area contributed by atoms with Crippen LogP contribution >= 0.6 is 0 Å². The summed E-state index contributed by atoms with van der Waals surface area (Å²) in [5.41, 5.74) is 7.53. The molecule has 1 amide bonds. The first-order valence-electron chi connectivity index (χ1n) is 6.58. The van der Waals surface area contributed by atoms with E-state index < -0.39 is 0 Å². The van der Waals surface area contributed by atoms with Crippen molar-refractivity contribution in [2.24, 2.45) is 12.8 Å². The second kappa shape index (κ2) is 5.10. The van der Waals surface area contributed by atoms with Gasteiger partial charge in [-0.3, -0.25) is 9.48 Å². The number of aryl methyl sites for hydroxylation is 1. The number of hydrogen-bond donors (Lipinski definition) is 1. The average Bonchev–Trinajstić information content (AvgIpc) is 2.70. The molecule has 1 atom stereocenters. The van der Waals surface area contributed by atoms with Gasteiger partial charge in [-0.2, -0.15) is 5.10 Å². The number of amides is 1. The van der Waals surface area contributed by atoms with Crippen molar-refractivity contribution in [1.29, 1.82) is 0 Å². The third kappa shape index (κ3) is 2.56. The van der Waals surface area contributed by atoms with Gasteiger partial charge in [0.2, 0.25) is 0 Å². The fraction of sp³-hybridized carbons (Fsp3) is 0.692. The van der Waals surface area contributed by atoms with Crippen LogP contribution in [0.5, 0.6) is 0 Å². The number of carbonyl (C=O) groups is 1. The summed E-state index contributed by atoms with van der Waals surface area (Å²) < 4.78 is 1.79. The number of nitrogens with zero attached hydrogens (tertiary/aromatic N) is 3. The van der Waals surface area contributed by atoms with Gasteiger partial charge < -0.3 is 10.6 Å². The highest BCUT2D eigenvalue weighted by molar-refractivity contribution is 5.92. The molecule has 100 valence electrons. The molecule has 18 heavy (non-hydrogen) atoms. The van der Waals surface area contributed by atoms with Crippen molar-refractivity contribution < 1.29 is 4.79 Å². The lowest BCUT2D eigenvalue weighted by Gasteiger charge is -2.30. The van der Waals surface area contributed by atoms with Crippen LogP contribution in [0.4, 0.5) is 0 Å². The number of hydrogen-bond acceptors (Lipinski definition) is 3. The highest BCUT2D eigenvalue weighted by Crippen LogP contribution is 2.17. The lowest BCUT2D eigenvalue weighted by Crippen LogP contribution is -2.45. The first kappa shape index (κ1) is 13.1. The van der Waals surface area contributed by atoms with E-state index in [-0.39, 0.29) is 11.9 Å². The Kier molecular flexibility index (Phi) is 3.71. The molecule has 2 heterocycles. The van der Waals surface area contributed by atoms with Crippen molar-refractivity contribution in [2.75, 3.05) is 13.1 Å². The first-order chi connectivity index (χ1) is 8.49. The maximum Gasteiger partial charge on any atom is 0.274 e. The van der Waals surface area contributed by atoms with Crippen LogP contribution in [-0.2, 0) is 7.05 Å². The molecule has 0 aliphatic carbocycles. The minimum absolute atomic E-state index is 0.00708. The predicted molar refractivity (Wildman–Crippen MR) is 70.4 cm³/mol. The van der Waals surface area contributed by atoms with E-state index in [4.69, 9.17) is 5.73 Å². The quantitative estimate of drug-likeness (QED) is 0.855. The Morgan fingerprint density at radius 1 is 1.56 bits per heavy atom. The minimum atomic E-state index is 0.00708. The first-order valence-corrected chi connectivity index (χ1v) is 6.58. The molecular formula is C13H22N4O. The number of piperidine rings is 1. The van der Waals surface area contributed by atoms with E-state index in [1.165, 1.54) is 0 Å². The van der Waals surface area contributed by atoms with Crippen LogP contribution in [0.25, 0.3) is 0 Å². The Labute approximate surface area is 108 Å². The molecule has 1 aromatic rings. The monoisotopic (exact) mass is 250 g/mol. The zero-order valence-electron chi connectivity index (χ0n) is 11.4. The van der Waals surface area contributed by atoms with Gasteiger partial charge in [-0.25, -0.2) is 0 Å². The molecule has 2 N–H and O–H groups in total. The number of aromatic nitrogens is 2. The van der Waals surface area contributed by atoms with Crippen LogP contribution in [0.15, 0.2) is 6.07 Å². The van der Waals surface area contributed by atoms with Gasteiger partial charge in [-0.15, -0.1) is 0 Å². The van der Waals surface area contributed by atoms with Crippen molar-refractivity contribution in [2.45, 2.75) is 38.6 Å². The zero-order chi connectivity index (χ0) is 13.3. The summed E-state index contributed by atoms with van der Waals surface area (Å²) in [5, 5.41) is 4.32. The lowest BCUT2D eigenvalue weighted by atomic mass is 10.1. The topological polar surface area (TPSA) is 64.2 Å². The summed E-state index contributed by atoms with van der Waals surface area (Å²) in [6.45, 7) is 5.64. The summed E-state index contributed by atoms with van der Waals surface area (Å²) in [4.78, 5) is 14.1. The molecule has 5 nitrogen and oxygen atoms in total. The van der Waals surface area contributed by atoms with E-state index in [1.807, 2.05) is 18.0 Å². The fourth-order valence-corrected chi connectivity index (χ4v) is 2.48. The second-order valence-corrected chi connectivity index (χ2v) is 5.39. The number of likely N-dealkylation sites (tertiary alicyclic amines) is 1. The van der Waals surface area contributed by atoms with Crippen LogP contribution in [0, 0.1) is 0 Å². The van der Waals surface area contributed by atoms with E-state index in [1.54, 1.807) is 4.68 Å². The summed E-state index contributed by atoms with van der Waals surface area (Å²) in [6.07, 6.45) is 1.99. The van der Waals surface area contributed by atoms with Gasteiger partial charge in [-0.1, -0.05) is 13.8 Å². The summed E-state index contributed by atoms with van der Waals surface area (Å²) in [7, 11) is 1.88. The van der Waals surface area contributed by atoms with E-state index in [0.717, 1.165) is 25.1 Å². The molecule has 0 spiro atoms. The van der Waals surface area contributed by atoms with E-state index in [0.29, 0.717) is 18.2 Å². The molecule has 5 heteroatoms. The van der Waals surface area contributed by atoms with Crippen LogP contribution in [-0.4, -0.2) is 39.7 Å². The SMILES string of the molecule is CC(C)c1cc(C(=O)N2CCC[C@@H](N)C2)nn1C. The Hall–Kier alpha value is -1.36. The molecule has 0 bridgehead atoms. The molecule has 0 saturated carbocycles. The van der Waals surface area contributed by atoms with E-state index >= 15 is 0 Å². The molecule has 1 saturated heterocycles. The van der Waals surface area contributed by atoms with Gasteiger partial charge in [0.1, 0.15) is 0 Å². The minimum Gasteiger partial charge on any atom is -0.336 e. The molecular weight excluding hydrogens is 228 g/mol. The van der Waals surface area contributed by atoms with Crippen LogP contribution in [0.3, 0.4) is 0 Å². The third-order valence-corrected chi connectivity index (χ3v) is 3.47. The fourth-order valence-electron chi connectivity index (χ4n) is 2.48. The predicted octanol–water partition coefficient (Wildman–Crippen LogP) is 1.11. The lowest BCUT2D eigenvalue weighted by molar-refractivity contribution is 0.0702. The largest absolute Gasteiger partial charge is 0.336 e. The molecule has 0 unspecified atom stereocenters. The molecule has 1 aliphatic heterocycles. The average molecular weight is 250 g/mol. The molecule has 1 aromatic heterocycles. The zero-order valence-corrected chi connectivity index (χ0v) is 11.4. The Balaban J connectivity index is 2.15. The molecule has 1 aliphatic rings. The highest BCUT2D eigenvalue weighted by Gasteiger charge is 2.24. The Morgan fingerprint density at radius 3 is 2.83 bits per heavy atom. The van der Waals surface area contributed by atoms with Crippen molar-refractivity contribution in [3.63, 3.8) is 0 Å². The Bertz CT molecular complexity index is 438. The highest BCUT2D eigenvalue weighted by atomic mass is 16.2. The number of carbonyl (C=O) groups excluding carboxylic acids is 1. The smallest absolute Gasteiger partial charge is 0.274 e. The summed E-state index contributed by atoms with van der Waals surface area (Å²) in [6, 6.07) is 2.00.